The standard InChI is InChI=1S/C16H18ClNO/c1-12-8-9-15(17)16(10-12)19-13(2)11-18-14-6-4-3-5-7-14/h3-10,13,18H,11H2,1-2H3. The average Bonchev–Trinajstić information content (AvgIpc) is 2.42. The van der Waals surface area contributed by atoms with Crippen molar-refractivity contribution in [3.05, 3.63) is 59.1 Å². The van der Waals surface area contributed by atoms with Gasteiger partial charge in [-0.1, -0.05) is 35.9 Å². The number of para-hydroxylation sites is 1. The van der Waals surface area contributed by atoms with Crippen molar-refractivity contribution in [3.8, 4) is 5.75 Å². The first-order chi connectivity index (χ1) is 9.15. The largest absolute Gasteiger partial charge is 0.487 e. The summed E-state index contributed by atoms with van der Waals surface area (Å²) in [5.74, 6) is 0.740. The van der Waals surface area contributed by atoms with Crippen molar-refractivity contribution in [1.29, 1.82) is 0 Å². The zero-order valence-electron chi connectivity index (χ0n) is 11.2. The van der Waals surface area contributed by atoms with Gasteiger partial charge in [0.05, 0.1) is 11.6 Å². The lowest BCUT2D eigenvalue weighted by molar-refractivity contribution is 0.235. The Morgan fingerprint density at radius 3 is 2.63 bits per heavy atom. The lowest BCUT2D eigenvalue weighted by atomic mass is 10.2. The monoisotopic (exact) mass is 275 g/mol. The number of rotatable bonds is 5. The molecule has 0 amide bonds. The second-order valence-electron chi connectivity index (χ2n) is 4.61. The molecule has 0 aromatic heterocycles. The van der Waals surface area contributed by atoms with Crippen molar-refractivity contribution in [1.82, 2.24) is 0 Å². The van der Waals surface area contributed by atoms with E-state index < -0.39 is 0 Å². The zero-order chi connectivity index (χ0) is 13.7. The normalized spacial score (nSPS) is 11.9. The van der Waals surface area contributed by atoms with Gasteiger partial charge in [-0.2, -0.15) is 0 Å². The molecule has 0 spiro atoms. The molecule has 3 heteroatoms. The quantitative estimate of drug-likeness (QED) is 0.866. The predicted molar refractivity (Wildman–Crippen MR) is 81.2 cm³/mol. The maximum Gasteiger partial charge on any atom is 0.138 e. The Morgan fingerprint density at radius 1 is 1.16 bits per heavy atom. The van der Waals surface area contributed by atoms with E-state index in [0.29, 0.717) is 5.02 Å². The van der Waals surface area contributed by atoms with Crippen LogP contribution in [0.4, 0.5) is 5.69 Å². The SMILES string of the molecule is Cc1ccc(Cl)c(OC(C)CNc2ccccc2)c1. The molecule has 0 radical (unpaired) electrons. The minimum atomic E-state index is 0.0412. The number of anilines is 1. The van der Waals surface area contributed by atoms with E-state index in [1.54, 1.807) is 0 Å². The topological polar surface area (TPSA) is 21.3 Å². The Kier molecular flexibility index (Phi) is 4.69. The summed E-state index contributed by atoms with van der Waals surface area (Å²) >= 11 is 6.11. The molecule has 0 bridgehead atoms. The van der Waals surface area contributed by atoms with Crippen LogP contribution in [-0.4, -0.2) is 12.6 Å². The fraction of sp³-hybridized carbons (Fsp3) is 0.250. The van der Waals surface area contributed by atoms with Crippen LogP contribution in [0.5, 0.6) is 5.75 Å². The number of hydrogen-bond acceptors (Lipinski definition) is 2. The number of benzene rings is 2. The highest BCUT2D eigenvalue weighted by atomic mass is 35.5. The molecular weight excluding hydrogens is 258 g/mol. The summed E-state index contributed by atoms with van der Waals surface area (Å²) in [6.07, 6.45) is 0.0412. The van der Waals surface area contributed by atoms with Crippen LogP contribution in [0.15, 0.2) is 48.5 Å². The Balaban J connectivity index is 1.90. The van der Waals surface area contributed by atoms with Gasteiger partial charge in [0, 0.05) is 5.69 Å². The van der Waals surface area contributed by atoms with E-state index in [1.165, 1.54) is 0 Å². The third kappa shape index (κ3) is 4.18. The Hall–Kier alpha value is -1.67. The van der Waals surface area contributed by atoms with E-state index in [2.05, 4.69) is 5.32 Å². The molecule has 2 aromatic carbocycles. The van der Waals surface area contributed by atoms with Gasteiger partial charge in [0.25, 0.3) is 0 Å². The van der Waals surface area contributed by atoms with Crippen molar-refractivity contribution in [2.75, 3.05) is 11.9 Å². The second kappa shape index (κ2) is 6.48. The predicted octanol–water partition coefficient (Wildman–Crippen LogP) is 4.53. The first-order valence-electron chi connectivity index (χ1n) is 6.37. The fourth-order valence-electron chi connectivity index (χ4n) is 1.78. The van der Waals surface area contributed by atoms with Crippen LogP contribution in [0.3, 0.4) is 0 Å². The maximum absolute atomic E-state index is 6.11. The molecule has 0 aliphatic rings. The van der Waals surface area contributed by atoms with Gasteiger partial charge in [0.2, 0.25) is 0 Å². The van der Waals surface area contributed by atoms with Crippen molar-refractivity contribution >= 4 is 17.3 Å². The molecule has 0 fully saturated rings. The van der Waals surface area contributed by atoms with Crippen molar-refractivity contribution in [3.63, 3.8) is 0 Å². The summed E-state index contributed by atoms with van der Waals surface area (Å²) in [5.41, 5.74) is 2.23. The van der Waals surface area contributed by atoms with Gasteiger partial charge in [-0.3, -0.25) is 0 Å². The highest BCUT2D eigenvalue weighted by molar-refractivity contribution is 6.32. The van der Waals surface area contributed by atoms with Crippen LogP contribution in [0.25, 0.3) is 0 Å². The summed E-state index contributed by atoms with van der Waals surface area (Å²) < 4.78 is 5.85. The molecule has 1 N–H and O–H groups in total. The van der Waals surface area contributed by atoms with E-state index in [4.69, 9.17) is 16.3 Å². The number of nitrogens with one attached hydrogen (secondary N) is 1. The van der Waals surface area contributed by atoms with Gasteiger partial charge in [-0.05, 0) is 43.7 Å². The van der Waals surface area contributed by atoms with Gasteiger partial charge in [-0.25, -0.2) is 0 Å². The van der Waals surface area contributed by atoms with E-state index in [0.717, 1.165) is 23.5 Å². The fourth-order valence-corrected chi connectivity index (χ4v) is 1.94. The van der Waals surface area contributed by atoms with Gasteiger partial charge < -0.3 is 10.1 Å². The van der Waals surface area contributed by atoms with E-state index in [9.17, 15) is 0 Å². The van der Waals surface area contributed by atoms with Crippen LogP contribution in [-0.2, 0) is 0 Å². The highest BCUT2D eigenvalue weighted by Crippen LogP contribution is 2.26. The molecule has 0 aliphatic heterocycles. The molecule has 0 saturated heterocycles. The summed E-state index contributed by atoms with van der Waals surface area (Å²) in [6, 6.07) is 15.9. The zero-order valence-corrected chi connectivity index (χ0v) is 11.9. The lowest BCUT2D eigenvalue weighted by Gasteiger charge is -2.17. The minimum Gasteiger partial charge on any atom is -0.487 e. The van der Waals surface area contributed by atoms with E-state index in [-0.39, 0.29) is 6.10 Å². The summed E-state index contributed by atoms with van der Waals surface area (Å²) in [4.78, 5) is 0. The molecule has 0 saturated carbocycles. The Morgan fingerprint density at radius 2 is 1.89 bits per heavy atom. The lowest BCUT2D eigenvalue weighted by Crippen LogP contribution is -2.22. The van der Waals surface area contributed by atoms with Gasteiger partial charge in [0.15, 0.2) is 0 Å². The molecule has 2 nitrogen and oxygen atoms in total. The molecule has 1 unspecified atom stereocenters. The third-order valence-corrected chi connectivity index (χ3v) is 3.09. The van der Waals surface area contributed by atoms with Crippen molar-refractivity contribution in [2.24, 2.45) is 0 Å². The van der Waals surface area contributed by atoms with Gasteiger partial charge in [0.1, 0.15) is 11.9 Å². The second-order valence-corrected chi connectivity index (χ2v) is 5.02. The van der Waals surface area contributed by atoms with Crippen LogP contribution in [0.1, 0.15) is 12.5 Å². The molecule has 2 rings (SSSR count). The number of aryl methyl sites for hydroxylation is 1. The Bertz CT molecular complexity index is 528. The molecular formula is C16H18ClNO. The molecule has 2 aromatic rings. The van der Waals surface area contributed by atoms with E-state index in [1.807, 2.05) is 62.4 Å². The Labute approximate surface area is 119 Å². The van der Waals surface area contributed by atoms with Crippen molar-refractivity contribution < 1.29 is 4.74 Å². The molecule has 100 valence electrons. The molecule has 19 heavy (non-hydrogen) atoms. The number of ether oxygens (including phenoxy) is 1. The summed E-state index contributed by atoms with van der Waals surface area (Å²) in [6.45, 7) is 4.78. The summed E-state index contributed by atoms with van der Waals surface area (Å²) in [7, 11) is 0. The van der Waals surface area contributed by atoms with E-state index >= 15 is 0 Å². The van der Waals surface area contributed by atoms with Crippen LogP contribution >= 0.6 is 11.6 Å². The summed E-state index contributed by atoms with van der Waals surface area (Å²) in [5, 5.41) is 3.98. The minimum absolute atomic E-state index is 0.0412. The van der Waals surface area contributed by atoms with Gasteiger partial charge >= 0.3 is 0 Å². The number of halogens is 1. The average molecular weight is 276 g/mol. The molecule has 0 heterocycles. The molecule has 0 aliphatic carbocycles. The highest BCUT2D eigenvalue weighted by Gasteiger charge is 2.07. The van der Waals surface area contributed by atoms with Crippen molar-refractivity contribution in [2.45, 2.75) is 20.0 Å². The van der Waals surface area contributed by atoms with Gasteiger partial charge in [-0.15, -0.1) is 0 Å². The van der Waals surface area contributed by atoms with Crippen LogP contribution < -0.4 is 10.1 Å². The van der Waals surface area contributed by atoms with Crippen LogP contribution in [0, 0.1) is 6.92 Å². The first kappa shape index (κ1) is 13.8. The van der Waals surface area contributed by atoms with Crippen LogP contribution in [0.2, 0.25) is 5.02 Å². The molecule has 1 atom stereocenters. The first-order valence-corrected chi connectivity index (χ1v) is 6.74. The maximum atomic E-state index is 6.11. The smallest absolute Gasteiger partial charge is 0.138 e. The third-order valence-electron chi connectivity index (χ3n) is 2.78. The number of hydrogen-bond donors (Lipinski definition) is 1.